The molecule has 8 N–H and O–H groups in total. The summed E-state index contributed by atoms with van der Waals surface area (Å²) < 4.78 is 0. The van der Waals surface area contributed by atoms with Crippen LogP contribution in [0.15, 0.2) is 42.5 Å². The fourth-order valence-electron chi connectivity index (χ4n) is 3.89. The average molecular weight is 456 g/mol. The van der Waals surface area contributed by atoms with Gasteiger partial charge < -0.3 is 32.1 Å². The van der Waals surface area contributed by atoms with Crippen LogP contribution >= 0.6 is 0 Å². The third-order valence-electron chi connectivity index (χ3n) is 5.65. The van der Waals surface area contributed by atoms with Crippen LogP contribution in [0.5, 0.6) is 0 Å². The van der Waals surface area contributed by atoms with Crippen molar-refractivity contribution in [2.24, 2.45) is 17.4 Å². The number of benzene rings is 2. The molecule has 0 heterocycles. The minimum Gasteiger partial charge on any atom is -0.426 e. The monoisotopic (exact) mass is 456 g/mol. The number of fused-ring (bicyclic) bond motifs is 1. The van der Waals surface area contributed by atoms with Crippen LogP contribution in [-0.4, -0.2) is 53.6 Å². The summed E-state index contributed by atoms with van der Waals surface area (Å²) >= 11 is 0. The van der Waals surface area contributed by atoms with Gasteiger partial charge in [-0.05, 0) is 60.9 Å². The highest BCUT2D eigenvalue weighted by Crippen LogP contribution is 2.19. The van der Waals surface area contributed by atoms with Crippen molar-refractivity contribution in [2.45, 2.75) is 64.0 Å². The van der Waals surface area contributed by atoms with Crippen molar-refractivity contribution in [1.29, 1.82) is 0 Å². The topological polar surface area (TPSA) is 151 Å². The molecule has 0 aliphatic heterocycles. The molecule has 2 amide bonds. The number of unbranched alkanes of at least 4 members (excludes halogenated alkanes) is 1. The van der Waals surface area contributed by atoms with Crippen molar-refractivity contribution < 1.29 is 19.6 Å². The molecule has 2 rings (SSSR count). The number of hydrogen-bond acceptors (Lipinski definition) is 6. The van der Waals surface area contributed by atoms with Crippen LogP contribution in [0, 0.1) is 5.92 Å². The van der Waals surface area contributed by atoms with Crippen LogP contribution < -0.4 is 22.1 Å². The SMILES string of the molecule is CC(C)C[C@H](NC(=O)[C@H](CCCCN)NC(=O)[C@@H](N)Cc1cccc2ccccc12)B(O)O. The van der Waals surface area contributed by atoms with E-state index in [2.05, 4.69) is 10.6 Å². The molecular weight excluding hydrogens is 419 g/mol. The second-order valence-electron chi connectivity index (χ2n) is 8.95. The maximum Gasteiger partial charge on any atom is 0.475 e. The molecule has 9 heteroatoms. The molecule has 0 aliphatic rings. The maximum absolute atomic E-state index is 12.9. The molecule has 0 radical (unpaired) electrons. The summed E-state index contributed by atoms with van der Waals surface area (Å²) in [6.45, 7) is 4.33. The zero-order valence-corrected chi connectivity index (χ0v) is 19.5. The van der Waals surface area contributed by atoms with Crippen LogP contribution in [0.3, 0.4) is 0 Å². The van der Waals surface area contributed by atoms with Gasteiger partial charge in [-0.25, -0.2) is 0 Å². The van der Waals surface area contributed by atoms with E-state index < -0.39 is 37.0 Å². The third kappa shape index (κ3) is 8.44. The van der Waals surface area contributed by atoms with Crippen LogP contribution in [0.2, 0.25) is 0 Å². The number of carbonyl (C=O) groups is 2. The van der Waals surface area contributed by atoms with Crippen LogP contribution in [0.4, 0.5) is 0 Å². The minimum atomic E-state index is -1.69. The van der Waals surface area contributed by atoms with E-state index in [1.165, 1.54) is 0 Å². The van der Waals surface area contributed by atoms with Gasteiger partial charge in [0.15, 0.2) is 0 Å². The van der Waals surface area contributed by atoms with Gasteiger partial charge in [0.05, 0.1) is 12.0 Å². The molecule has 0 saturated heterocycles. The summed E-state index contributed by atoms with van der Waals surface area (Å²) in [6.07, 6.45) is 2.46. The molecule has 0 saturated carbocycles. The molecule has 3 atom stereocenters. The molecule has 0 aliphatic carbocycles. The average Bonchev–Trinajstić information content (AvgIpc) is 2.77. The fourth-order valence-corrected chi connectivity index (χ4v) is 3.89. The largest absolute Gasteiger partial charge is 0.475 e. The molecule has 0 fully saturated rings. The summed E-state index contributed by atoms with van der Waals surface area (Å²) in [7, 11) is -1.69. The summed E-state index contributed by atoms with van der Waals surface area (Å²) in [5.74, 6) is -1.57. The lowest BCUT2D eigenvalue weighted by Gasteiger charge is -2.25. The second-order valence-corrected chi connectivity index (χ2v) is 8.95. The van der Waals surface area contributed by atoms with Gasteiger partial charge in [-0.3, -0.25) is 9.59 Å². The van der Waals surface area contributed by atoms with Crippen LogP contribution in [0.25, 0.3) is 10.8 Å². The van der Waals surface area contributed by atoms with Crippen LogP contribution in [-0.2, 0) is 16.0 Å². The summed E-state index contributed by atoms with van der Waals surface area (Å²) in [4.78, 5) is 25.8. The lowest BCUT2D eigenvalue weighted by atomic mass is 9.75. The highest BCUT2D eigenvalue weighted by molar-refractivity contribution is 6.43. The molecule has 180 valence electrons. The second kappa shape index (κ2) is 13.3. The Labute approximate surface area is 196 Å². The molecule has 0 bridgehead atoms. The fraction of sp³-hybridized carbons (Fsp3) is 0.500. The zero-order chi connectivity index (χ0) is 24.4. The smallest absolute Gasteiger partial charge is 0.426 e. The number of amides is 2. The van der Waals surface area contributed by atoms with Gasteiger partial charge in [0.1, 0.15) is 6.04 Å². The van der Waals surface area contributed by atoms with Gasteiger partial charge in [-0.2, -0.15) is 0 Å². The van der Waals surface area contributed by atoms with E-state index in [-0.39, 0.29) is 5.92 Å². The molecule has 0 unspecified atom stereocenters. The quantitative estimate of drug-likeness (QED) is 0.194. The first-order valence-electron chi connectivity index (χ1n) is 11.6. The lowest BCUT2D eigenvalue weighted by Crippen LogP contribution is -2.56. The Hall–Kier alpha value is -2.46. The molecule has 2 aromatic rings. The highest BCUT2D eigenvalue weighted by atomic mass is 16.4. The van der Waals surface area contributed by atoms with Gasteiger partial charge in [0, 0.05) is 0 Å². The van der Waals surface area contributed by atoms with Gasteiger partial charge >= 0.3 is 7.12 Å². The van der Waals surface area contributed by atoms with Crippen molar-refractivity contribution in [3.63, 3.8) is 0 Å². The zero-order valence-electron chi connectivity index (χ0n) is 19.5. The standard InChI is InChI=1S/C24H37BN4O4/c1-16(2)14-22(25(32)33)29-24(31)21(12-5-6-13-26)28-23(30)20(27)15-18-10-7-9-17-8-3-4-11-19(17)18/h3-4,7-11,16,20-22,32-33H,5-6,12-15,26-27H2,1-2H3,(H,28,30)(H,29,31)/t20-,21-,22-/m0/s1. The summed E-state index contributed by atoms with van der Waals surface area (Å²) in [6, 6.07) is 12.1. The van der Waals surface area contributed by atoms with Crippen molar-refractivity contribution in [3.05, 3.63) is 48.0 Å². The van der Waals surface area contributed by atoms with Crippen molar-refractivity contribution >= 4 is 29.7 Å². The third-order valence-corrected chi connectivity index (χ3v) is 5.65. The predicted octanol–water partition coefficient (Wildman–Crippen LogP) is 0.866. The van der Waals surface area contributed by atoms with E-state index >= 15 is 0 Å². The number of nitrogens with one attached hydrogen (secondary N) is 2. The van der Waals surface area contributed by atoms with Gasteiger partial charge in [0.2, 0.25) is 11.8 Å². The van der Waals surface area contributed by atoms with Crippen molar-refractivity contribution in [2.75, 3.05) is 6.54 Å². The van der Waals surface area contributed by atoms with E-state index in [1.807, 2.05) is 56.3 Å². The predicted molar refractivity (Wildman–Crippen MR) is 132 cm³/mol. The Morgan fingerprint density at radius 2 is 1.70 bits per heavy atom. The molecule has 8 nitrogen and oxygen atoms in total. The maximum atomic E-state index is 12.9. The summed E-state index contributed by atoms with van der Waals surface area (Å²) in [5, 5.41) is 26.8. The number of nitrogens with two attached hydrogens (primary N) is 2. The Bertz CT molecular complexity index is 904. The minimum absolute atomic E-state index is 0.150. The highest BCUT2D eigenvalue weighted by Gasteiger charge is 2.30. The number of hydrogen-bond donors (Lipinski definition) is 6. The normalized spacial score (nSPS) is 14.0. The number of rotatable bonds is 13. The van der Waals surface area contributed by atoms with E-state index in [0.717, 1.165) is 16.3 Å². The molecule has 33 heavy (non-hydrogen) atoms. The molecule has 0 aromatic heterocycles. The van der Waals surface area contributed by atoms with E-state index in [9.17, 15) is 19.6 Å². The molecule has 0 spiro atoms. The molecular formula is C24H37BN4O4. The van der Waals surface area contributed by atoms with Crippen LogP contribution in [0.1, 0.15) is 45.1 Å². The van der Waals surface area contributed by atoms with Gasteiger partial charge in [-0.15, -0.1) is 0 Å². The van der Waals surface area contributed by atoms with Gasteiger partial charge in [0.25, 0.3) is 0 Å². The van der Waals surface area contributed by atoms with E-state index in [1.54, 1.807) is 0 Å². The Morgan fingerprint density at radius 1 is 1.00 bits per heavy atom. The van der Waals surface area contributed by atoms with E-state index in [4.69, 9.17) is 11.5 Å². The first-order valence-corrected chi connectivity index (χ1v) is 11.6. The number of carbonyl (C=O) groups excluding carboxylic acids is 2. The summed E-state index contributed by atoms with van der Waals surface area (Å²) in [5.41, 5.74) is 12.7. The molecule has 2 aromatic carbocycles. The van der Waals surface area contributed by atoms with Crippen molar-refractivity contribution in [1.82, 2.24) is 10.6 Å². The first-order chi connectivity index (χ1) is 15.7. The Morgan fingerprint density at radius 3 is 2.36 bits per heavy atom. The first kappa shape index (κ1) is 26.8. The van der Waals surface area contributed by atoms with Gasteiger partial charge in [-0.1, -0.05) is 56.3 Å². The van der Waals surface area contributed by atoms with Crippen molar-refractivity contribution in [3.8, 4) is 0 Å². The Balaban J connectivity index is 2.08. The van der Waals surface area contributed by atoms with E-state index in [0.29, 0.717) is 38.6 Å². The Kier molecular flexibility index (Phi) is 10.8. The lowest BCUT2D eigenvalue weighted by molar-refractivity contribution is -0.130.